The number of carbonyl (C=O) groups is 3. The molecule has 4 fully saturated rings. The Morgan fingerprint density at radius 3 is 1.78 bits per heavy atom. The molecule has 27 N–H and O–H groups in total. The van der Waals surface area contributed by atoms with Crippen LogP contribution in [0.25, 0.3) is 22.0 Å². The van der Waals surface area contributed by atoms with Gasteiger partial charge in [0, 0.05) is 36.0 Å². The number of nitrogens with zero attached hydrogens (tertiary/aromatic N) is 10. The summed E-state index contributed by atoms with van der Waals surface area (Å²) < 4.78 is 46.1. The molecule has 1 unspecified atom stereocenters. The fourth-order valence-electron chi connectivity index (χ4n) is 13.4. The molecule has 3 aliphatic heterocycles. The summed E-state index contributed by atoms with van der Waals surface area (Å²) in [6.07, 6.45) is -17.2. The maximum atomic E-state index is 14.9. The predicted octanol–water partition coefficient (Wildman–Crippen LogP) is -6.21. The van der Waals surface area contributed by atoms with Crippen molar-refractivity contribution in [2.75, 3.05) is 13.2 Å². The molecule has 0 bridgehead atoms. The molecule has 106 heavy (non-hydrogen) atoms. The summed E-state index contributed by atoms with van der Waals surface area (Å²) in [7, 11) is 0. The van der Waals surface area contributed by atoms with Crippen molar-refractivity contribution in [3.05, 3.63) is 143 Å². The third-order valence-electron chi connectivity index (χ3n) is 18.4. The Morgan fingerprint density at radius 1 is 0.613 bits per heavy atom. The smallest absolute Gasteiger partial charge is 0.410 e. The SMILES string of the molecule is NNC=N[C@@H]1[C@H](O[C@H]2[C@@H](O)[C@H](O[C@H]3[C@@H](O)[C@H](N=CNN)C[C@H](N=CNN)[C@H]3O[C@H]3O[C@H](/N=C/NN)[C@@H](O)[C@H](O)[C@H]3N=CNN)O[C@@H]2Cn2cc(CN(CC(=O)NC(Cc3c[nH]c4ccccc34)C(=O)NCc3ccccc3)C(=O)OCC3c4ccccc4-c4ccccc43)nn2)O[C@H](/N=C/NN)[C@H](O)[C@H]1O. The minimum atomic E-state index is -1.96. The molecule has 20 atom stereocenters. The second-order valence-corrected chi connectivity index (χ2v) is 25.1. The van der Waals surface area contributed by atoms with E-state index in [9.17, 15) is 45.0 Å². The molecule has 11 rings (SSSR count). The third-order valence-corrected chi connectivity index (χ3v) is 18.4. The molecule has 568 valence electrons. The van der Waals surface area contributed by atoms with E-state index in [1.54, 1.807) is 6.20 Å². The maximum Gasteiger partial charge on any atom is 0.410 e. The lowest BCUT2D eigenvalue weighted by atomic mass is 9.83. The highest BCUT2D eigenvalue weighted by molar-refractivity contribution is 5.91. The lowest BCUT2D eigenvalue weighted by Crippen LogP contribution is -2.63. The van der Waals surface area contributed by atoms with Crippen molar-refractivity contribution in [1.29, 1.82) is 0 Å². The van der Waals surface area contributed by atoms with Gasteiger partial charge in [-0.05, 0) is 45.9 Å². The van der Waals surface area contributed by atoms with E-state index in [-0.39, 0.29) is 37.6 Å². The average molecular weight is 1470 g/mol. The number of hydrogen-bond acceptors (Lipinski definition) is 30. The number of aliphatic hydroxyl groups is 6. The van der Waals surface area contributed by atoms with Gasteiger partial charge in [-0.1, -0.05) is 102 Å². The van der Waals surface area contributed by atoms with Crippen molar-refractivity contribution in [1.82, 2.24) is 68.1 Å². The Kier molecular flexibility index (Phi) is 26.7. The summed E-state index contributed by atoms with van der Waals surface area (Å²) in [5, 5.41) is 86.1. The van der Waals surface area contributed by atoms with Gasteiger partial charge in [0.05, 0.1) is 69.4 Å². The molecule has 1 saturated carbocycles. The number of rotatable bonds is 32. The number of aliphatic hydroxyl groups excluding tert-OH is 6. The van der Waals surface area contributed by atoms with Crippen LogP contribution in [0.1, 0.15) is 40.3 Å². The van der Waals surface area contributed by atoms with E-state index in [4.69, 9.17) is 68.2 Å². The number of H-pyrrole nitrogens is 1. The Balaban J connectivity index is 0.914. The van der Waals surface area contributed by atoms with Crippen molar-refractivity contribution < 1.29 is 78.2 Å². The second kappa shape index (κ2) is 36.7. The highest BCUT2D eigenvalue weighted by Gasteiger charge is 2.56. The lowest BCUT2D eigenvalue weighted by molar-refractivity contribution is -0.306. The summed E-state index contributed by atoms with van der Waals surface area (Å²) in [6, 6.07) is 25.9. The number of nitrogens with two attached hydrogens (primary N) is 6. The summed E-state index contributed by atoms with van der Waals surface area (Å²) in [4.78, 5) is 73.7. The number of hydrazine groups is 6. The van der Waals surface area contributed by atoms with Gasteiger partial charge in [-0.15, -0.1) is 5.10 Å². The molecule has 5 aliphatic rings. The molecule has 3 amide bonds. The zero-order valence-corrected chi connectivity index (χ0v) is 56.7. The van der Waals surface area contributed by atoms with Crippen LogP contribution in [-0.2, 0) is 68.8 Å². The van der Waals surface area contributed by atoms with E-state index in [1.165, 1.54) is 10.9 Å². The third kappa shape index (κ3) is 18.2. The molecule has 41 heteroatoms. The highest BCUT2D eigenvalue weighted by Crippen LogP contribution is 2.45. The van der Waals surface area contributed by atoms with Crippen LogP contribution in [-0.4, -0.2) is 247 Å². The molecule has 5 heterocycles. The topological polar surface area (TPSA) is 613 Å². The van der Waals surface area contributed by atoms with Gasteiger partial charge in [0.1, 0.15) is 98.0 Å². The van der Waals surface area contributed by atoms with Gasteiger partial charge < -0.3 is 112 Å². The fraction of sp³-hybridized carbons (Fsp3) is 0.431. The zero-order chi connectivity index (χ0) is 74.8. The Morgan fingerprint density at radius 2 is 1.16 bits per heavy atom. The van der Waals surface area contributed by atoms with Gasteiger partial charge >= 0.3 is 6.09 Å². The summed E-state index contributed by atoms with van der Waals surface area (Å²) >= 11 is 0. The number of aliphatic imine (C=N–C) groups is 6. The Labute approximate surface area is 604 Å². The first-order valence-electron chi connectivity index (χ1n) is 33.6. The van der Waals surface area contributed by atoms with Crippen molar-refractivity contribution in [3.8, 4) is 11.1 Å². The van der Waals surface area contributed by atoms with E-state index in [0.29, 0.717) is 0 Å². The number of aromatic amines is 1. The van der Waals surface area contributed by atoms with Gasteiger partial charge in [-0.3, -0.25) is 34.5 Å². The molecule has 4 aromatic carbocycles. The van der Waals surface area contributed by atoms with Crippen molar-refractivity contribution in [2.24, 2.45) is 65.0 Å². The molecule has 2 aromatic heterocycles. The number of fused-ring (bicyclic) bond motifs is 4. The van der Waals surface area contributed by atoms with E-state index < -0.39 is 160 Å². The maximum absolute atomic E-state index is 14.9. The number of ether oxygens (including phenoxy) is 7. The number of carbonyl (C=O) groups excluding carboxylic acids is 3. The van der Waals surface area contributed by atoms with Crippen LogP contribution < -0.4 is 78.2 Å². The Bertz CT molecular complexity index is 4000. The average Bonchev–Trinajstić information content (AvgIpc) is 1.49. The van der Waals surface area contributed by atoms with Gasteiger partial charge in [-0.2, -0.15) is 0 Å². The number of nitrogens with one attached hydrogen (secondary N) is 9. The van der Waals surface area contributed by atoms with E-state index >= 15 is 0 Å². The summed E-state index contributed by atoms with van der Waals surface area (Å²) in [5.74, 6) is 31.7. The quantitative estimate of drug-likeness (QED) is 0.00809. The second-order valence-electron chi connectivity index (χ2n) is 25.1. The van der Waals surface area contributed by atoms with Crippen LogP contribution in [0.15, 0.2) is 145 Å². The summed E-state index contributed by atoms with van der Waals surface area (Å²) in [5.41, 5.74) is 19.7. The Hall–Kier alpha value is -10.1. The van der Waals surface area contributed by atoms with E-state index in [1.807, 2.05) is 103 Å². The van der Waals surface area contributed by atoms with Crippen LogP contribution in [0, 0.1) is 0 Å². The van der Waals surface area contributed by atoms with Crippen LogP contribution in [0.3, 0.4) is 0 Å². The minimum absolute atomic E-state index is 0.0534. The largest absolute Gasteiger partial charge is 0.448 e. The standard InChI is InChI=1S/C65H87N25O16/c66-80-27-74-43-19-44(75-28-81-67)56(102-62-48(76-29-82-68)51(93)53(95)60(105-62)78-31-84-70)58(50(43)92)104-64-55(97)57(103-63-49(77-30-83-69)52(94)54(96)61(106-63)79-32-85-71)46(101-64)24-90-23-35(87-88-90)22-89(65(99)100-26-41-39-15-6-4-13-37(39)38-14-5-7-16-40(38)41)25-47(91)86-45(59(98)73-20-33-10-2-1-3-11-33)18-34-21-72-42-17-9-8-12-36(34)42/h1-17,21,23,27-32,41,43-46,48-58,60-64,72,92-97H,18-20,22,24-26,66-71H2,(H,73,98)(H,74,80)(H,75,81)(H,76,82)(H,77,83)(H,78,84)(H,79,85)(H,86,91)/t43-,44+,45?,46-,48-,49+,50+,51-,52+,53+,54-,55-,56-,57-,58+,60+,61+,62+,63-,64+/m1/s1. The molecule has 0 radical (unpaired) electrons. The van der Waals surface area contributed by atoms with Crippen molar-refractivity contribution >= 4 is 66.8 Å². The molecule has 2 aliphatic carbocycles. The number of benzene rings is 4. The van der Waals surface area contributed by atoms with Crippen LogP contribution >= 0.6 is 0 Å². The first-order valence-corrected chi connectivity index (χ1v) is 33.6. The predicted molar refractivity (Wildman–Crippen MR) is 379 cm³/mol. The fourth-order valence-corrected chi connectivity index (χ4v) is 13.4. The van der Waals surface area contributed by atoms with E-state index in [2.05, 4.69) is 88.4 Å². The molecular formula is C65H87N25O16. The van der Waals surface area contributed by atoms with E-state index in [0.717, 1.165) is 87.2 Å². The highest BCUT2D eigenvalue weighted by atomic mass is 16.8. The molecule has 0 spiro atoms. The number of aromatic nitrogens is 4. The zero-order valence-electron chi connectivity index (χ0n) is 56.7. The lowest BCUT2D eigenvalue weighted by Gasteiger charge is -2.46. The number of amides is 3. The van der Waals surface area contributed by atoms with Crippen LogP contribution in [0.5, 0.6) is 0 Å². The molecule has 6 aromatic rings. The van der Waals surface area contributed by atoms with Crippen molar-refractivity contribution in [3.63, 3.8) is 0 Å². The molecule has 41 nitrogen and oxygen atoms in total. The number of hydrogen-bond donors (Lipinski definition) is 21. The van der Waals surface area contributed by atoms with Gasteiger partial charge in [0.15, 0.2) is 31.3 Å². The van der Waals surface area contributed by atoms with Crippen molar-refractivity contribution in [2.45, 2.75) is 161 Å². The van der Waals surface area contributed by atoms with Gasteiger partial charge in [0.2, 0.25) is 11.8 Å². The first kappa shape index (κ1) is 77.0. The minimum Gasteiger partial charge on any atom is -0.448 e. The monoisotopic (exact) mass is 1470 g/mol. The van der Waals surface area contributed by atoms with Gasteiger partial charge in [-0.25, -0.2) is 54.5 Å². The molecular weight excluding hydrogens is 1390 g/mol. The molecule has 3 saturated heterocycles. The van der Waals surface area contributed by atoms with Gasteiger partial charge in [0.25, 0.3) is 0 Å². The van der Waals surface area contributed by atoms with Crippen LogP contribution in [0.4, 0.5) is 4.79 Å². The first-order chi connectivity index (χ1) is 51.5. The normalized spacial score (nSPS) is 29.2. The van der Waals surface area contributed by atoms with Crippen LogP contribution in [0.2, 0.25) is 0 Å². The number of para-hydroxylation sites is 1. The summed E-state index contributed by atoms with van der Waals surface area (Å²) in [6.45, 7) is -1.50.